The standard InChI is InChI=1S/C9H4ClF3N2O/c10-7-5(11)1-3-4(6(16)8(12)13)2-14-9(3)15-7/h1-2,8H,(H,14,15). The lowest BCUT2D eigenvalue weighted by Gasteiger charge is -1.98. The summed E-state index contributed by atoms with van der Waals surface area (Å²) in [5, 5.41) is -0.391. The predicted molar refractivity (Wildman–Crippen MR) is 51.4 cm³/mol. The molecule has 0 aliphatic rings. The Hall–Kier alpha value is -1.56. The normalized spacial score (nSPS) is 11.3. The van der Waals surface area contributed by atoms with Crippen molar-refractivity contribution in [2.75, 3.05) is 0 Å². The molecule has 1 N–H and O–H groups in total. The van der Waals surface area contributed by atoms with E-state index in [0.717, 1.165) is 12.3 Å². The maximum absolute atomic E-state index is 13.1. The summed E-state index contributed by atoms with van der Waals surface area (Å²) >= 11 is 5.40. The molecule has 16 heavy (non-hydrogen) atoms. The molecule has 0 aromatic carbocycles. The van der Waals surface area contributed by atoms with Crippen molar-refractivity contribution in [1.29, 1.82) is 0 Å². The van der Waals surface area contributed by atoms with Crippen molar-refractivity contribution in [1.82, 2.24) is 9.97 Å². The molecule has 84 valence electrons. The van der Waals surface area contributed by atoms with E-state index in [0.29, 0.717) is 0 Å². The number of aromatic amines is 1. The lowest BCUT2D eigenvalue weighted by Crippen LogP contribution is -2.09. The van der Waals surface area contributed by atoms with Gasteiger partial charge in [0, 0.05) is 11.6 Å². The van der Waals surface area contributed by atoms with E-state index in [4.69, 9.17) is 11.6 Å². The molecular weight excluding hydrogens is 245 g/mol. The Bertz CT molecular complexity index is 567. The molecule has 0 amide bonds. The van der Waals surface area contributed by atoms with E-state index in [1.54, 1.807) is 0 Å². The van der Waals surface area contributed by atoms with Gasteiger partial charge in [-0.3, -0.25) is 4.79 Å². The number of carbonyl (C=O) groups is 1. The highest BCUT2D eigenvalue weighted by Gasteiger charge is 2.22. The van der Waals surface area contributed by atoms with Gasteiger partial charge in [0.15, 0.2) is 11.0 Å². The molecule has 0 radical (unpaired) electrons. The summed E-state index contributed by atoms with van der Waals surface area (Å²) in [6, 6.07) is 0.900. The number of H-pyrrole nitrogens is 1. The number of Topliss-reactive ketones (excluding diaryl/α,β-unsaturated/α-hetero) is 1. The fraction of sp³-hybridized carbons (Fsp3) is 0.111. The Kier molecular flexibility index (Phi) is 2.59. The molecule has 0 aliphatic heterocycles. The van der Waals surface area contributed by atoms with E-state index in [1.165, 1.54) is 0 Å². The van der Waals surface area contributed by atoms with Crippen LogP contribution in [-0.4, -0.2) is 22.2 Å². The largest absolute Gasteiger partial charge is 0.345 e. The number of fused-ring (bicyclic) bond motifs is 1. The van der Waals surface area contributed by atoms with Crippen LogP contribution in [0.1, 0.15) is 10.4 Å². The number of hydrogen-bond acceptors (Lipinski definition) is 2. The zero-order valence-electron chi connectivity index (χ0n) is 7.60. The summed E-state index contributed by atoms with van der Waals surface area (Å²) in [7, 11) is 0. The third-order valence-electron chi connectivity index (χ3n) is 2.04. The maximum Gasteiger partial charge on any atom is 0.300 e. The van der Waals surface area contributed by atoms with Gasteiger partial charge in [0.2, 0.25) is 5.78 Å². The van der Waals surface area contributed by atoms with Crippen LogP contribution >= 0.6 is 11.6 Å². The summed E-state index contributed by atoms with van der Waals surface area (Å²) in [5.41, 5.74) is -0.205. The molecule has 0 bridgehead atoms. The van der Waals surface area contributed by atoms with Crippen LogP contribution in [0.15, 0.2) is 12.3 Å². The molecule has 2 aromatic rings. The number of nitrogens with one attached hydrogen (secondary N) is 1. The SMILES string of the molecule is O=C(c1c[nH]c2nc(Cl)c(F)cc12)C(F)F. The van der Waals surface area contributed by atoms with Gasteiger partial charge < -0.3 is 4.98 Å². The molecule has 0 unspecified atom stereocenters. The highest BCUT2D eigenvalue weighted by molar-refractivity contribution is 6.30. The number of ketones is 1. The summed E-state index contributed by atoms with van der Waals surface area (Å²) in [6.45, 7) is 0. The van der Waals surface area contributed by atoms with E-state index in [2.05, 4.69) is 9.97 Å². The summed E-state index contributed by atoms with van der Waals surface area (Å²) in [5.74, 6) is -2.24. The highest BCUT2D eigenvalue weighted by Crippen LogP contribution is 2.23. The van der Waals surface area contributed by atoms with Gasteiger partial charge in [-0.2, -0.15) is 0 Å². The molecule has 2 rings (SSSR count). The Morgan fingerprint density at radius 3 is 2.81 bits per heavy atom. The van der Waals surface area contributed by atoms with Gasteiger partial charge in [-0.25, -0.2) is 18.2 Å². The number of pyridine rings is 1. The molecule has 2 heterocycles. The van der Waals surface area contributed by atoms with Crippen molar-refractivity contribution in [3.63, 3.8) is 0 Å². The molecule has 3 nitrogen and oxygen atoms in total. The van der Waals surface area contributed by atoms with Crippen LogP contribution in [0.3, 0.4) is 0 Å². The zero-order valence-corrected chi connectivity index (χ0v) is 8.36. The average Bonchev–Trinajstić information content (AvgIpc) is 2.60. The fourth-order valence-corrected chi connectivity index (χ4v) is 1.46. The number of alkyl halides is 2. The smallest absolute Gasteiger partial charge is 0.300 e. The molecular formula is C9H4ClF3N2O. The van der Waals surface area contributed by atoms with Crippen molar-refractivity contribution in [3.05, 3.63) is 28.8 Å². The fourth-order valence-electron chi connectivity index (χ4n) is 1.32. The van der Waals surface area contributed by atoms with E-state index >= 15 is 0 Å². The van der Waals surface area contributed by atoms with E-state index in [9.17, 15) is 18.0 Å². The lowest BCUT2D eigenvalue weighted by atomic mass is 10.1. The number of nitrogens with zero attached hydrogens (tertiary/aromatic N) is 1. The quantitative estimate of drug-likeness (QED) is 0.656. The third-order valence-corrected chi connectivity index (χ3v) is 2.31. The molecule has 0 spiro atoms. The van der Waals surface area contributed by atoms with Crippen molar-refractivity contribution >= 4 is 28.4 Å². The van der Waals surface area contributed by atoms with E-state index in [1.807, 2.05) is 0 Å². The van der Waals surface area contributed by atoms with Crippen LogP contribution in [0.25, 0.3) is 11.0 Å². The minimum absolute atomic E-state index is 0.00722. The van der Waals surface area contributed by atoms with E-state index in [-0.39, 0.29) is 21.7 Å². The number of aromatic nitrogens is 2. The van der Waals surface area contributed by atoms with Crippen molar-refractivity contribution in [3.8, 4) is 0 Å². The third kappa shape index (κ3) is 1.65. The maximum atomic E-state index is 13.1. The lowest BCUT2D eigenvalue weighted by molar-refractivity contribution is 0.0680. The van der Waals surface area contributed by atoms with Gasteiger partial charge >= 0.3 is 6.43 Å². The summed E-state index contributed by atoms with van der Waals surface area (Å²) in [4.78, 5) is 17.1. The first-order chi connectivity index (χ1) is 7.50. The highest BCUT2D eigenvalue weighted by atomic mass is 35.5. The van der Waals surface area contributed by atoms with Gasteiger partial charge in [-0.05, 0) is 6.07 Å². The molecule has 7 heteroatoms. The molecule has 0 saturated heterocycles. The van der Waals surface area contributed by atoms with Crippen molar-refractivity contribution < 1.29 is 18.0 Å². The first kappa shape index (κ1) is 10.9. The first-order valence-corrected chi connectivity index (χ1v) is 4.54. The first-order valence-electron chi connectivity index (χ1n) is 4.16. The molecule has 2 aromatic heterocycles. The summed E-state index contributed by atoms with van der Waals surface area (Å²) < 4.78 is 37.5. The molecule has 0 saturated carbocycles. The van der Waals surface area contributed by atoms with Crippen LogP contribution in [0.2, 0.25) is 5.15 Å². The second kappa shape index (κ2) is 3.79. The van der Waals surface area contributed by atoms with Crippen molar-refractivity contribution in [2.24, 2.45) is 0 Å². The molecule has 0 aliphatic carbocycles. The second-order valence-electron chi connectivity index (χ2n) is 3.02. The monoisotopic (exact) mass is 248 g/mol. The van der Waals surface area contributed by atoms with Crippen LogP contribution in [0.5, 0.6) is 0 Å². The number of hydrogen-bond donors (Lipinski definition) is 1. The minimum Gasteiger partial charge on any atom is -0.345 e. The van der Waals surface area contributed by atoms with Crippen LogP contribution in [0, 0.1) is 5.82 Å². The average molecular weight is 249 g/mol. The summed E-state index contributed by atoms with van der Waals surface area (Å²) in [6.07, 6.45) is -2.08. The Balaban J connectivity index is 2.65. The Morgan fingerprint density at radius 2 is 2.19 bits per heavy atom. The Morgan fingerprint density at radius 1 is 1.50 bits per heavy atom. The minimum atomic E-state index is -3.14. The van der Waals surface area contributed by atoms with Gasteiger partial charge in [-0.1, -0.05) is 11.6 Å². The van der Waals surface area contributed by atoms with Crippen LogP contribution in [0.4, 0.5) is 13.2 Å². The van der Waals surface area contributed by atoms with Crippen LogP contribution in [-0.2, 0) is 0 Å². The second-order valence-corrected chi connectivity index (χ2v) is 3.38. The number of carbonyl (C=O) groups excluding carboxylic acids is 1. The van der Waals surface area contributed by atoms with Crippen LogP contribution < -0.4 is 0 Å². The van der Waals surface area contributed by atoms with Gasteiger partial charge in [0.25, 0.3) is 0 Å². The molecule has 0 atom stereocenters. The van der Waals surface area contributed by atoms with Gasteiger partial charge in [-0.15, -0.1) is 0 Å². The van der Waals surface area contributed by atoms with Crippen molar-refractivity contribution in [2.45, 2.75) is 6.43 Å². The van der Waals surface area contributed by atoms with Gasteiger partial charge in [0.05, 0.1) is 5.56 Å². The predicted octanol–water partition coefficient (Wildman–Crippen LogP) is 2.80. The van der Waals surface area contributed by atoms with E-state index < -0.39 is 18.0 Å². The topological polar surface area (TPSA) is 45.8 Å². The zero-order chi connectivity index (χ0) is 11.9. The number of halogens is 4. The number of rotatable bonds is 2. The Labute approximate surface area is 92.2 Å². The molecule has 0 fully saturated rings. The van der Waals surface area contributed by atoms with Gasteiger partial charge in [0.1, 0.15) is 5.65 Å².